The topological polar surface area (TPSA) is 107 Å². The molecule has 2 N–H and O–H groups in total. The smallest absolute Gasteiger partial charge is 0.331 e. The highest BCUT2D eigenvalue weighted by Gasteiger charge is 2.32. The van der Waals surface area contributed by atoms with E-state index in [1.807, 2.05) is 0 Å². The third-order valence-corrected chi connectivity index (χ3v) is 5.96. The first-order valence-electron chi connectivity index (χ1n) is 8.84. The minimum Gasteiger partial charge on any atom is -0.452 e. The minimum absolute atomic E-state index is 0.0286. The Labute approximate surface area is 181 Å². The van der Waals surface area contributed by atoms with E-state index in [1.54, 1.807) is 6.92 Å². The summed E-state index contributed by atoms with van der Waals surface area (Å²) in [6.45, 7) is 1.29. The zero-order chi connectivity index (χ0) is 22.1. The van der Waals surface area contributed by atoms with Crippen LogP contribution in [0.15, 0.2) is 51.8 Å². The van der Waals surface area contributed by atoms with Crippen LogP contribution in [0.5, 0.6) is 0 Å². The second kappa shape index (κ2) is 8.66. The van der Waals surface area contributed by atoms with Crippen LogP contribution in [0, 0.1) is 5.82 Å². The van der Waals surface area contributed by atoms with Crippen molar-refractivity contribution in [1.29, 1.82) is 0 Å². The number of rotatable bonds is 5. The number of hydrogen-bond acceptors (Lipinski definition) is 5. The highest BCUT2D eigenvalue weighted by Crippen LogP contribution is 2.33. The van der Waals surface area contributed by atoms with Gasteiger partial charge in [0.25, 0.3) is 5.91 Å². The molecule has 1 aliphatic heterocycles. The lowest BCUT2D eigenvalue weighted by Gasteiger charge is -2.22. The van der Waals surface area contributed by atoms with Crippen LogP contribution < -0.4 is 10.0 Å². The number of anilines is 1. The van der Waals surface area contributed by atoms with E-state index in [0.29, 0.717) is 22.1 Å². The predicted molar refractivity (Wildman–Crippen MR) is 113 cm³/mol. The molecule has 2 aromatic carbocycles. The summed E-state index contributed by atoms with van der Waals surface area (Å²) in [5, 5.41) is 5.15. The summed E-state index contributed by atoms with van der Waals surface area (Å²) < 4.78 is 42.4. The molecular weight excluding hydrogens is 479 g/mol. The van der Waals surface area contributed by atoms with Crippen molar-refractivity contribution in [2.45, 2.75) is 24.3 Å². The van der Waals surface area contributed by atoms with Gasteiger partial charge in [-0.25, -0.2) is 22.7 Å². The van der Waals surface area contributed by atoms with Gasteiger partial charge in [0.2, 0.25) is 10.0 Å². The van der Waals surface area contributed by atoms with Crippen molar-refractivity contribution in [3.63, 3.8) is 0 Å². The van der Waals surface area contributed by atoms with Crippen LogP contribution in [-0.4, -0.2) is 32.9 Å². The van der Waals surface area contributed by atoms with E-state index < -0.39 is 34.3 Å². The molecule has 0 aromatic heterocycles. The van der Waals surface area contributed by atoms with E-state index in [9.17, 15) is 22.4 Å². The molecule has 0 spiro atoms. The number of halogens is 2. The maximum atomic E-state index is 13.7. The number of benzene rings is 2. The monoisotopic (exact) mass is 496 g/mol. The molecule has 0 fully saturated rings. The second-order valence-electron chi connectivity index (χ2n) is 6.76. The number of esters is 1. The number of sulfonamides is 1. The molecule has 1 amide bonds. The molecule has 1 unspecified atom stereocenters. The van der Waals surface area contributed by atoms with Crippen molar-refractivity contribution in [2.75, 3.05) is 11.5 Å². The van der Waals surface area contributed by atoms with Crippen molar-refractivity contribution >= 4 is 49.6 Å². The quantitative estimate of drug-likeness (QED) is 0.505. The molecule has 158 valence electrons. The molecule has 0 aliphatic carbocycles. The molecule has 7 nitrogen and oxygen atoms in total. The van der Waals surface area contributed by atoms with Crippen molar-refractivity contribution in [3.05, 3.63) is 63.9 Å². The van der Waals surface area contributed by atoms with Crippen LogP contribution in [0.3, 0.4) is 0 Å². The maximum Gasteiger partial charge on any atom is 0.331 e. The van der Waals surface area contributed by atoms with Crippen molar-refractivity contribution in [3.8, 4) is 0 Å². The first-order valence-corrected chi connectivity index (χ1v) is 11.2. The highest BCUT2D eigenvalue weighted by molar-refractivity contribution is 9.10. The van der Waals surface area contributed by atoms with Gasteiger partial charge in [0.15, 0.2) is 6.61 Å². The number of primary sulfonamides is 1. The van der Waals surface area contributed by atoms with Crippen LogP contribution >= 0.6 is 15.9 Å². The van der Waals surface area contributed by atoms with E-state index in [1.165, 1.54) is 47.4 Å². The lowest BCUT2D eigenvalue weighted by molar-refractivity contribution is -0.143. The summed E-state index contributed by atoms with van der Waals surface area (Å²) in [6.07, 6.45) is 2.74. The average molecular weight is 497 g/mol. The van der Waals surface area contributed by atoms with Gasteiger partial charge in [-0.3, -0.25) is 4.79 Å². The maximum absolute atomic E-state index is 13.7. The van der Waals surface area contributed by atoms with Gasteiger partial charge in [-0.2, -0.15) is 0 Å². The molecular formula is C20H18BrFN2O5S. The Morgan fingerprint density at radius 3 is 2.73 bits per heavy atom. The number of nitrogens with zero attached hydrogens (tertiary/aromatic N) is 1. The molecule has 10 heteroatoms. The van der Waals surface area contributed by atoms with E-state index in [4.69, 9.17) is 9.88 Å². The van der Waals surface area contributed by atoms with Crippen LogP contribution in [0.2, 0.25) is 0 Å². The van der Waals surface area contributed by atoms with Crippen molar-refractivity contribution in [2.24, 2.45) is 5.14 Å². The molecule has 1 atom stereocenters. The standard InChI is InChI=1S/C20H18BrFN2O5S/c1-12-8-14-10-16(30(23,27)28)4-6-18(14)24(12)19(25)11-29-20(26)7-2-13-9-15(21)3-5-17(13)22/h2-7,9-10,12H,8,11H2,1H3,(H2,23,27,28)/b7-2+. The normalized spacial score (nSPS) is 16.0. The predicted octanol–water partition coefficient (Wildman–Crippen LogP) is 2.77. The second-order valence-corrected chi connectivity index (χ2v) is 9.24. The summed E-state index contributed by atoms with van der Waals surface area (Å²) in [4.78, 5) is 25.9. The fraction of sp³-hybridized carbons (Fsp3) is 0.200. The summed E-state index contributed by atoms with van der Waals surface area (Å²) in [5.41, 5.74) is 1.40. The van der Waals surface area contributed by atoms with Crippen LogP contribution in [0.1, 0.15) is 18.1 Å². The molecule has 2 aromatic rings. The zero-order valence-electron chi connectivity index (χ0n) is 15.8. The molecule has 1 heterocycles. The molecule has 30 heavy (non-hydrogen) atoms. The summed E-state index contributed by atoms with van der Waals surface area (Å²) in [6, 6.07) is 8.32. The van der Waals surface area contributed by atoms with Gasteiger partial charge in [0.05, 0.1) is 4.90 Å². The Bertz CT molecular complexity index is 1150. The van der Waals surface area contributed by atoms with Gasteiger partial charge in [-0.1, -0.05) is 15.9 Å². The summed E-state index contributed by atoms with van der Waals surface area (Å²) in [7, 11) is -3.85. The molecule has 0 saturated heterocycles. The first-order chi connectivity index (χ1) is 14.1. The van der Waals surface area contributed by atoms with Gasteiger partial charge in [0.1, 0.15) is 5.82 Å². The minimum atomic E-state index is -3.85. The first kappa shape index (κ1) is 22.1. The number of amides is 1. The van der Waals surface area contributed by atoms with Crippen LogP contribution in [-0.2, 0) is 30.8 Å². The Morgan fingerprint density at radius 2 is 2.03 bits per heavy atom. The molecule has 0 radical (unpaired) electrons. The van der Waals surface area contributed by atoms with E-state index in [2.05, 4.69) is 15.9 Å². The van der Waals surface area contributed by atoms with E-state index in [-0.39, 0.29) is 16.5 Å². The SMILES string of the molecule is CC1Cc2cc(S(N)(=O)=O)ccc2N1C(=O)COC(=O)/C=C/c1cc(Br)ccc1F. The van der Waals surface area contributed by atoms with E-state index in [0.717, 1.165) is 6.08 Å². The lowest BCUT2D eigenvalue weighted by Crippen LogP contribution is -2.38. The molecule has 0 saturated carbocycles. The van der Waals surface area contributed by atoms with Crippen LogP contribution in [0.25, 0.3) is 6.08 Å². The zero-order valence-corrected chi connectivity index (χ0v) is 18.2. The summed E-state index contributed by atoms with van der Waals surface area (Å²) >= 11 is 3.22. The fourth-order valence-electron chi connectivity index (χ4n) is 3.22. The van der Waals surface area contributed by atoms with Crippen molar-refractivity contribution < 1.29 is 27.1 Å². The summed E-state index contributed by atoms with van der Waals surface area (Å²) in [5.74, 6) is -1.75. The Balaban J connectivity index is 1.66. The fourth-order valence-corrected chi connectivity index (χ4v) is 4.16. The van der Waals surface area contributed by atoms with Gasteiger partial charge in [-0.05, 0) is 61.4 Å². The number of carbonyl (C=O) groups is 2. The Morgan fingerprint density at radius 1 is 1.30 bits per heavy atom. The van der Waals surface area contributed by atoms with Gasteiger partial charge in [-0.15, -0.1) is 0 Å². The third-order valence-electron chi connectivity index (χ3n) is 4.56. The molecule has 1 aliphatic rings. The number of nitrogens with two attached hydrogens (primary N) is 1. The Kier molecular flexibility index (Phi) is 6.39. The largest absolute Gasteiger partial charge is 0.452 e. The molecule has 3 rings (SSSR count). The molecule has 0 bridgehead atoms. The number of hydrogen-bond donors (Lipinski definition) is 1. The van der Waals surface area contributed by atoms with E-state index >= 15 is 0 Å². The Hall–Kier alpha value is -2.56. The average Bonchev–Trinajstić information content (AvgIpc) is 3.01. The number of fused-ring (bicyclic) bond motifs is 1. The van der Waals surface area contributed by atoms with Gasteiger partial charge >= 0.3 is 5.97 Å². The van der Waals surface area contributed by atoms with Crippen molar-refractivity contribution in [1.82, 2.24) is 0 Å². The number of ether oxygens (including phenoxy) is 1. The highest BCUT2D eigenvalue weighted by atomic mass is 79.9. The van der Waals surface area contributed by atoms with Crippen LogP contribution in [0.4, 0.5) is 10.1 Å². The lowest BCUT2D eigenvalue weighted by atomic mass is 10.1. The van der Waals surface area contributed by atoms with Gasteiger partial charge in [0, 0.05) is 27.8 Å². The number of carbonyl (C=O) groups excluding carboxylic acids is 2. The van der Waals surface area contributed by atoms with Gasteiger partial charge < -0.3 is 9.64 Å². The third kappa shape index (κ3) is 4.94.